The molecule has 3 aromatic rings. The summed E-state index contributed by atoms with van der Waals surface area (Å²) in [6.07, 6.45) is 2.78. The van der Waals surface area contributed by atoms with Gasteiger partial charge in [0.1, 0.15) is 11.6 Å². The van der Waals surface area contributed by atoms with E-state index in [1.165, 1.54) is 29.4 Å². The third-order valence-electron chi connectivity index (χ3n) is 5.19. The summed E-state index contributed by atoms with van der Waals surface area (Å²) in [5, 5.41) is 8.68. The average molecular weight is 476 g/mol. The van der Waals surface area contributed by atoms with Crippen molar-refractivity contribution in [1.29, 1.82) is 5.41 Å². The minimum absolute atomic E-state index is 0.0411. The minimum atomic E-state index is -0.881. The maximum absolute atomic E-state index is 14.2. The van der Waals surface area contributed by atoms with Crippen LogP contribution in [0.5, 0.6) is 11.5 Å². The van der Waals surface area contributed by atoms with E-state index in [1.54, 1.807) is 19.2 Å². The number of likely N-dealkylation sites (N-methyl/N-ethyl adjacent to an activating group) is 1. The zero-order chi connectivity index (χ0) is 24.9. The number of allylic oxidation sites excluding steroid dienone is 1. The number of carbonyl (C=O) groups is 1. The Bertz CT molecular complexity index is 1340. The normalized spacial score (nSPS) is 14.8. The molecule has 1 heterocycles. The maximum atomic E-state index is 14.2. The lowest BCUT2D eigenvalue weighted by atomic mass is 9.92. The van der Waals surface area contributed by atoms with Gasteiger partial charge in [-0.1, -0.05) is 30.3 Å². The average Bonchev–Trinajstić information content (AvgIpc) is 2.84. The summed E-state index contributed by atoms with van der Waals surface area (Å²) in [7, 11) is 1.54. The van der Waals surface area contributed by atoms with E-state index in [1.807, 2.05) is 30.3 Å². The van der Waals surface area contributed by atoms with Crippen molar-refractivity contribution in [2.24, 2.45) is 0 Å². The highest BCUT2D eigenvalue weighted by Crippen LogP contribution is 2.36. The largest absolute Gasteiger partial charge is 0.454 e. The van der Waals surface area contributed by atoms with Crippen molar-refractivity contribution < 1.29 is 23.1 Å². The third kappa shape index (κ3) is 5.36. The number of nitrogens with two attached hydrogens (primary N) is 1. The van der Waals surface area contributed by atoms with E-state index in [2.05, 4.69) is 5.48 Å². The van der Waals surface area contributed by atoms with Crippen molar-refractivity contribution in [3.8, 4) is 11.5 Å². The number of hydroxylamine groups is 1. The van der Waals surface area contributed by atoms with E-state index >= 15 is 0 Å². The van der Waals surface area contributed by atoms with Gasteiger partial charge in [0.25, 0.3) is 5.91 Å². The van der Waals surface area contributed by atoms with Crippen LogP contribution in [0.25, 0.3) is 5.57 Å². The van der Waals surface area contributed by atoms with Crippen LogP contribution in [0.4, 0.5) is 14.5 Å². The summed E-state index contributed by atoms with van der Waals surface area (Å²) >= 11 is 0. The molecule has 0 bridgehead atoms. The van der Waals surface area contributed by atoms with Gasteiger partial charge in [-0.05, 0) is 35.9 Å². The first kappa shape index (κ1) is 23.7. The quantitative estimate of drug-likeness (QED) is 0.197. The highest BCUT2D eigenvalue weighted by Gasteiger charge is 2.29. The fourth-order valence-electron chi connectivity index (χ4n) is 3.42. The smallest absolute Gasteiger partial charge is 0.261 e. The van der Waals surface area contributed by atoms with Crippen LogP contribution < -0.4 is 16.0 Å². The van der Waals surface area contributed by atoms with Gasteiger partial charge >= 0.3 is 0 Å². The molecule has 0 spiro atoms. The molecule has 3 aromatic carbocycles. The van der Waals surface area contributed by atoms with E-state index in [0.717, 1.165) is 11.6 Å². The monoisotopic (exact) mass is 476 g/mol. The van der Waals surface area contributed by atoms with Gasteiger partial charge in [-0.15, -0.1) is 0 Å². The van der Waals surface area contributed by atoms with Crippen molar-refractivity contribution in [2.45, 2.75) is 6.61 Å². The Morgan fingerprint density at radius 2 is 1.80 bits per heavy atom. The first-order chi connectivity index (χ1) is 16.8. The standard InChI is InChI=1S/C26H22F2N4O3/c1-32-14-21(25(30)20(26(32)33)13-31-34-15-16-5-3-2-4-6-16)19-12-18(29)8-10-23(19)35-24-9-7-17(27)11-22(24)28/h2-14,30-31H,15,29H2,1H3/b20-13+,30-25?. The number of nitrogen functional groups attached to an aromatic ring is 1. The van der Waals surface area contributed by atoms with Crippen LogP contribution in [-0.2, 0) is 16.2 Å². The number of hydrogen-bond donors (Lipinski definition) is 3. The number of halogens is 2. The molecule has 1 aliphatic heterocycles. The molecule has 0 saturated heterocycles. The predicted octanol–water partition coefficient (Wildman–Crippen LogP) is 4.78. The summed E-state index contributed by atoms with van der Waals surface area (Å²) in [6.45, 7) is 0.251. The van der Waals surface area contributed by atoms with Crippen molar-refractivity contribution >= 4 is 22.9 Å². The number of amides is 1. The van der Waals surface area contributed by atoms with Crippen LogP contribution >= 0.6 is 0 Å². The molecule has 0 saturated carbocycles. The van der Waals surface area contributed by atoms with E-state index < -0.39 is 17.5 Å². The maximum Gasteiger partial charge on any atom is 0.261 e. The zero-order valence-corrected chi connectivity index (χ0v) is 18.7. The van der Waals surface area contributed by atoms with Crippen molar-refractivity contribution in [3.63, 3.8) is 0 Å². The van der Waals surface area contributed by atoms with Crippen LogP contribution in [-0.4, -0.2) is 23.6 Å². The van der Waals surface area contributed by atoms with Gasteiger partial charge in [-0.2, -0.15) is 0 Å². The summed E-state index contributed by atoms with van der Waals surface area (Å²) < 4.78 is 33.2. The van der Waals surface area contributed by atoms with Crippen molar-refractivity contribution in [1.82, 2.24) is 10.4 Å². The Hall–Kier alpha value is -4.50. The second-order valence-corrected chi connectivity index (χ2v) is 7.72. The van der Waals surface area contributed by atoms with Gasteiger partial charge in [0.2, 0.25) is 0 Å². The summed E-state index contributed by atoms with van der Waals surface area (Å²) in [5.74, 6) is -2.06. The Labute approximate surface area is 200 Å². The molecule has 1 aliphatic rings. The molecule has 35 heavy (non-hydrogen) atoms. The molecule has 4 rings (SSSR count). The molecular weight excluding hydrogens is 454 g/mol. The number of ether oxygens (including phenoxy) is 1. The second kappa shape index (κ2) is 10.2. The number of nitrogens with one attached hydrogen (secondary N) is 2. The Balaban J connectivity index is 1.61. The summed E-state index contributed by atoms with van der Waals surface area (Å²) in [4.78, 5) is 19.5. The molecule has 1 amide bonds. The van der Waals surface area contributed by atoms with E-state index in [4.69, 9.17) is 20.7 Å². The van der Waals surface area contributed by atoms with Crippen LogP contribution in [0.15, 0.2) is 84.7 Å². The molecule has 9 heteroatoms. The zero-order valence-electron chi connectivity index (χ0n) is 18.7. The van der Waals surface area contributed by atoms with E-state index in [0.29, 0.717) is 22.9 Å². The van der Waals surface area contributed by atoms with Gasteiger partial charge in [-0.3, -0.25) is 20.5 Å². The molecular formula is C26H22F2N4O3. The molecule has 178 valence electrons. The number of rotatable bonds is 7. The molecule has 0 aromatic heterocycles. The van der Waals surface area contributed by atoms with Crippen LogP contribution in [0.1, 0.15) is 11.1 Å². The molecule has 0 radical (unpaired) electrons. The number of benzene rings is 3. The summed E-state index contributed by atoms with van der Waals surface area (Å²) in [6, 6.07) is 17.0. The first-order valence-electron chi connectivity index (χ1n) is 10.6. The predicted molar refractivity (Wildman–Crippen MR) is 128 cm³/mol. The van der Waals surface area contributed by atoms with Crippen LogP contribution in [0.3, 0.4) is 0 Å². The van der Waals surface area contributed by atoms with Gasteiger partial charge in [0, 0.05) is 42.3 Å². The molecule has 0 unspecified atom stereocenters. The van der Waals surface area contributed by atoms with Crippen LogP contribution in [0, 0.1) is 17.0 Å². The second-order valence-electron chi connectivity index (χ2n) is 7.72. The van der Waals surface area contributed by atoms with Gasteiger partial charge in [0.05, 0.1) is 17.9 Å². The Morgan fingerprint density at radius 1 is 1.06 bits per heavy atom. The summed E-state index contributed by atoms with van der Waals surface area (Å²) in [5.41, 5.74) is 10.5. The van der Waals surface area contributed by atoms with Gasteiger partial charge < -0.3 is 15.4 Å². The fraction of sp³-hybridized carbons (Fsp3) is 0.0769. The molecule has 0 atom stereocenters. The van der Waals surface area contributed by atoms with Crippen LogP contribution in [0.2, 0.25) is 0 Å². The number of nitrogens with zero attached hydrogens (tertiary/aromatic N) is 1. The van der Waals surface area contributed by atoms with E-state index in [9.17, 15) is 13.6 Å². The number of anilines is 1. The highest BCUT2D eigenvalue weighted by atomic mass is 19.1. The highest BCUT2D eigenvalue weighted by molar-refractivity contribution is 6.41. The Kier molecular flexibility index (Phi) is 6.88. The minimum Gasteiger partial charge on any atom is -0.454 e. The lowest BCUT2D eigenvalue weighted by Crippen LogP contribution is -2.33. The SMILES string of the molecule is CN1C=C(c2cc(N)ccc2Oc2ccc(F)cc2F)C(=N)/C(=C\NOCc2ccccc2)C1=O. The van der Waals surface area contributed by atoms with Crippen molar-refractivity contribution in [3.05, 3.63) is 107 Å². The van der Waals surface area contributed by atoms with E-state index in [-0.39, 0.29) is 29.4 Å². The molecule has 0 fully saturated rings. The third-order valence-corrected chi connectivity index (χ3v) is 5.19. The number of carbonyl (C=O) groups excluding carboxylic acids is 1. The molecule has 0 aliphatic carbocycles. The molecule has 4 N–H and O–H groups in total. The van der Waals surface area contributed by atoms with Crippen molar-refractivity contribution in [2.75, 3.05) is 12.8 Å². The Morgan fingerprint density at radius 3 is 2.54 bits per heavy atom. The first-order valence-corrected chi connectivity index (χ1v) is 10.6. The lowest BCUT2D eigenvalue weighted by molar-refractivity contribution is -0.123. The fourth-order valence-corrected chi connectivity index (χ4v) is 3.42. The van der Waals surface area contributed by atoms with Gasteiger partial charge in [0.15, 0.2) is 11.6 Å². The lowest BCUT2D eigenvalue weighted by Gasteiger charge is -2.25. The number of hydrogen-bond acceptors (Lipinski definition) is 6. The topological polar surface area (TPSA) is 101 Å². The molecule has 7 nitrogen and oxygen atoms in total. The van der Waals surface area contributed by atoms with Gasteiger partial charge in [-0.25, -0.2) is 8.78 Å².